The molecule has 138 valence electrons. The Hall–Kier alpha value is -1.35. The number of para-hydroxylation sites is 1. The smallest absolute Gasteiger partial charge is 0.191 e. The molecule has 1 aromatic heterocycles. The zero-order valence-corrected chi connectivity index (χ0v) is 18.2. The largest absolute Gasteiger partial charge is 0.496 e. The number of aryl methyl sites for hydroxylation is 1. The van der Waals surface area contributed by atoms with Gasteiger partial charge in [-0.2, -0.15) is 0 Å². The van der Waals surface area contributed by atoms with Crippen molar-refractivity contribution in [3.8, 4) is 5.75 Å². The molecule has 0 spiro atoms. The Bertz CT molecular complexity index is 660. The monoisotopic (exact) mass is 474 g/mol. The third-order valence-corrected chi connectivity index (χ3v) is 4.89. The number of aliphatic imine (C=N–C) groups is 1. The van der Waals surface area contributed by atoms with Crippen LogP contribution < -0.4 is 15.4 Å². The van der Waals surface area contributed by atoms with E-state index in [0.717, 1.165) is 44.1 Å². The summed E-state index contributed by atoms with van der Waals surface area (Å²) in [6, 6.07) is 8.09. The van der Waals surface area contributed by atoms with Gasteiger partial charge in [0.25, 0.3) is 0 Å². The number of hydrogen-bond acceptors (Lipinski definition) is 4. The maximum atomic E-state index is 5.37. The molecule has 2 N–H and O–H groups in total. The first-order chi connectivity index (χ1) is 11.8. The highest BCUT2D eigenvalue weighted by Gasteiger charge is 2.04. The van der Waals surface area contributed by atoms with Gasteiger partial charge >= 0.3 is 0 Å². The van der Waals surface area contributed by atoms with Crippen molar-refractivity contribution in [3.63, 3.8) is 0 Å². The number of nitrogens with one attached hydrogen (secondary N) is 2. The van der Waals surface area contributed by atoms with Crippen LogP contribution in [0.25, 0.3) is 0 Å². The maximum absolute atomic E-state index is 5.37. The average Bonchev–Trinajstić information content (AvgIpc) is 3.08. The summed E-state index contributed by atoms with van der Waals surface area (Å²) >= 11 is 1.79. The Morgan fingerprint density at radius 1 is 1.20 bits per heavy atom. The van der Waals surface area contributed by atoms with Crippen molar-refractivity contribution in [2.45, 2.75) is 26.2 Å². The summed E-state index contributed by atoms with van der Waals surface area (Å²) in [4.78, 5) is 10.0. The number of methoxy groups -OCH3 is 1. The van der Waals surface area contributed by atoms with Crippen LogP contribution in [0.5, 0.6) is 5.75 Å². The first kappa shape index (κ1) is 21.7. The van der Waals surface area contributed by atoms with Crippen molar-refractivity contribution in [2.24, 2.45) is 4.99 Å². The van der Waals surface area contributed by atoms with E-state index in [1.165, 1.54) is 15.4 Å². The van der Waals surface area contributed by atoms with Gasteiger partial charge in [0.05, 0.1) is 12.1 Å². The Balaban J connectivity index is 0.00000312. The molecular formula is C18H27IN4OS. The van der Waals surface area contributed by atoms with E-state index in [2.05, 4.69) is 33.6 Å². The highest BCUT2D eigenvalue weighted by molar-refractivity contribution is 14.0. The van der Waals surface area contributed by atoms with Crippen LogP contribution in [0.3, 0.4) is 0 Å². The molecule has 0 saturated carbocycles. The molecule has 2 rings (SSSR count). The van der Waals surface area contributed by atoms with Crippen LogP contribution in [-0.2, 0) is 19.3 Å². The van der Waals surface area contributed by atoms with Crippen molar-refractivity contribution in [1.29, 1.82) is 0 Å². The summed E-state index contributed by atoms with van der Waals surface area (Å²) in [6.45, 7) is 3.78. The molecule has 1 aromatic carbocycles. The second-order valence-corrected chi connectivity index (χ2v) is 6.51. The molecule has 0 aliphatic heterocycles. The van der Waals surface area contributed by atoms with Gasteiger partial charge in [0, 0.05) is 37.6 Å². The molecule has 25 heavy (non-hydrogen) atoms. The van der Waals surface area contributed by atoms with Gasteiger partial charge in [0.2, 0.25) is 0 Å². The standard InChI is InChI=1S/C18H26N4OS.HI/c1-4-15-13-22-17(24-15)10-12-21-18(19-2)20-11-9-14-7-5-6-8-16(14)23-3;/h5-8,13H,4,9-12H2,1-3H3,(H2,19,20,21);1H. The van der Waals surface area contributed by atoms with E-state index in [4.69, 9.17) is 4.74 Å². The van der Waals surface area contributed by atoms with E-state index in [1.54, 1.807) is 25.5 Å². The Kier molecular flexibility index (Phi) is 10.5. The first-order valence-electron chi connectivity index (χ1n) is 8.26. The van der Waals surface area contributed by atoms with Crippen molar-refractivity contribution in [3.05, 3.63) is 45.9 Å². The van der Waals surface area contributed by atoms with Crippen LogP contribution in [0.2, 0.25) is 0 Å². The van der Waals surface area contributed by atoms with Crippen LogP contribution in [0.1, 0.15) is 22.4 Å². The fourth-order valence-electron chi connectivity index (χ4n) is 2.36. The Morgan fingerprint density at radius 3 is 2.56 bits per heavy atom. The van der Waals surface area contributed by atoms with Crippen LogP contribution in [0.15, 0.2) is 35.5 Å². The van der Waals surface area contributed by atoms with Crippen LogP contribution >= 0.6 is 35.3 Å². The Labute approximate surface area is 171 Å². The van der Waals surface area contributed by atoms with E-state index >= 15 is 0 Å². The molecule has 0 fully saturated rings. The minimum Gasteiger partial charge on any atom is -0.496 e. The topological polar surface area (TPSA) is 58.5 Å². The maximum Gasteiger partial charge on any atom is 0.191 e. The molecule has 7 heteroatoms. The third-order valence-electron chi connectivity index (χ3n) is 3.68. The summed E-state index contributed by atoms with van der Waals surface area (Å²) in [5, 5.41) is 7.84. The molecule has 0 aliphatic rings. The van der Waals surface area contributed by atoms with E-state index in [-0.39, 0.29) is 24.0 Å². The van der Waals surface area contributed by atoms with Gasteiger partial charge in [0.15, 0.2) is 5.96 Å². The number of rotatable bonds is 8. The van der Waals surface area contributed by atoms with Gasteiger partial charge in [-0.1, -0.05) is 25.1 Å². The van der Waals surface area contributed by atoms with Crippen molar-refractivity contribution in [1.82, 2.24) is 15.6 Å². The summed E-state index contributed by atoms with van der Waals surface area (Å²) < 4.78 is 5.37. The number of guanidine groups is 1. The molecule has 2 aromatic rings. The van der Waals surface area contributed by atoms with Crippen molar-refractivity contribution < 1.29 is 4.74 Å². The predicted octanol–water partition coefficient (Wildman–Crippen LogP) is 3.28. The summed E-state index contributed by atoms with van der Waals surface area (Å²) in [7, 11) is 3.49. The van der Waals surface area contributed by atoms with Gasteiger partial charge in [-0.05, 0) is 24.5 Å². The Morgan fingerprint density at radius 2 is 1.92 bits per heavy atom. The predicted molar refractivity (Wildman–Crippen MR) is 117 cm³/mol. The molecule has 0 saturated heterocycles. The molecule has 0 unspecified atom stereocenters. The van der Waals surface area contributed by atoms with Gasteiger partial charge in [-0.15, -0.1) is 35.3 Å². The van der Waals surface area contributed by atoms with E-state index in [0.29, 0.717) is 0 Å². The van der Waals surface area contributed by atoms with Crippen LogP contribution in [-0.4, -0.2) is 38.2 Å². The van der Waals surface area contributed by atoms with Crippen LogP contribution in [0, 0.1) is 0 Å². The number of hydrogen-bond donors (Lipinski definition) is 2. The van der Waals surface area contributed by atoms with Gasteiger partial charge in [-0.3, -0.25) is 4.99 Å². The number of benzene rings is 1. The molecule has 0 radical (unpaired) electrons. The highest BCUT2D eigenvalue weighted by Crippen LogP contribution is 2.17. The van der Waals surface area contributed by atoms with Crippen LogP contribution in [0.4, 0.5) is 0 Å². The lowest BCUT2D eigenvalue weighted by atomic mass is 10.1. The lowest BCUT2D eigenvalue weighted by Gasteiger charge is -2.12. The lowest BCUT2D eigenvalue weighted by Crippen LogP contribution is -2.39. The SMILES string of the molecule is CCc1cnc(CCNC(=NC)NCCc2ccccc2OC)s1.I. The number of aromatic nitrogens is 1. The molecular weight excluding hydrogens is 447 g/mol. The highest BCUT2D eigenvalue weighted by atomic mass is 127. The number of halogens is 1. The molecule has 5 nitrogen and oxygen atoms in total. The average molecular weight is 474 g/mol. The minimum atomic E-state index is 0. The number of nitrogens with zero attached hydrogens (tertiary/aromatic N) is 2. The van der Waals surface area contributed by atoms with Gasteiger partial charge in [-0.25, -0.2) is 4.98 Å². The lowest BCUT2D eigenvalue weighted by molar-refractivity contribution is 0.409. The van der Waals surface area contributed by atoms with E-state index < -0.39 is 0 Å². The molecule has 0 atom stereocenters. The summed E-state index contributed by atoms with van der Waals surface area (Å²) in [6.07, 6.45) is 4.83. The molecule has 0 amide bonds. The summed E-state index contributed by atoms with van der Waals surface area (Å²) in [5.41, 5.74) is 1.19. The zero-order chi connectivity index (χ0) is 17.2. The molecule has 1 heterocycles. The normalized spacial score (nSPS) is 10.9. The number of thiazole rings is 1. The first-order valence-corrected chi connectivity index (χ1v) is 9.08. The number of ether oxygens (including phenoxy) is 1. The molecule has 0 bridgehead atoms. The fraction of sp³-hybridized carbons (Fsp3) is 0.444. The second-order valence-electron chi connectivity index (χ2n) is 5.31. The van der Waals surface area contributed by atoms with E-state index in [9.17, 15) is 0 Å². The van der Waals surface area contributed by atoms with Crippen molar-refractivity contribution >= 4 is 41.3 Å². The zero-order valence-electron chi connectivity index (χ0n) is 15.0. The molecule has 0 aliphatic carbocycles. The second kappa shape index (κ2) is 12.1. The quantitative estimate of drug-likeness (QED) is 0.350. The van der Waals surface area contributed by atoms with E-state index in [1.807, 2.05) is 24.4 Å². The van der Waals surface area contributed by atoms with Gasteiger partial charge in [0.1, 0.15) is 5.75 Å². The fourth-order valence-corrected chi connectivity index (χ4v) is 3.22. The third kappa shape index (κ3) is 7.19. The minimum absolute atomic E-state index is 0. The van der Waals surface area contributed by atoms with Crippen molar-refractivity contribution in [2.75, 3.05) is 27.2 Å². The summed E-state index contributed by atoms with van der Waals surface area (Å²) in [5.74, 6) is 1.75. The van der Waals surface area contributed by atoms with Gasteiger partial charge < -0.3 is 15.4 Å².